The molecule has 1 aromatic heterocycles. The molecule has 5 nitrogen and oxygen atoms in total. The van der Waals surface area contributed by atoms with Gasteiger partial charge in [0.25, 0.3) is 0 Å². The Morgan fingerprint density at radius 1 is 1.17 bits per heavy atom. The molecule has 6 heteroatoms. The summed E-state index contributed by atoms with van der Waals surface area (Å²) in [6.07, 6.45) is 0. The zero-order valence-corrected chi connectivity index (χ0v) is 15.3. The van der Waals surface area contributed by atoms with Gasteiger partial charge in [-0.2, -0.15) is 0 Å². The number of nitrogens with one attached hydrogen (secondary N) is 2. The predicted molar refractivity (Wildman–Crippen MR) is 97.0 cm³/mol. The van der Waals surface area contributed by atoms with E-state index < -0.39 is 6.04 Å². The second-order valence-corrected chi connectivity index (χ2v) is 7.05. The van der Waals surface area contributed by atoms with Crippen LogP contribution in [0, 0.1) is 5.92 Å². The molecule has 2 N–H and O–H groups in total. The summed E-state index contributed by atoms with van der Waals surface area (Å²) in [4.78, 5) is 24.3. The number of carbonyl (C=O) groups is 2. The van der Waals surface area contributed by atoms with E-state index in [-0.39, 0.29) is 30.4 Å². The Morgan fingerprint density at radius 3 is 2.54 bits per heavy atom. The van der Waals surface area contributed by atoms with Crippen LogP contribution in [0.25, 0.3) is 10.1 Å². The van der Waals surface area contributed by atoms with Gasteiger partial charge in [0.1, 0.15) is 12.6 Å². The van der Waals surface area contributed by atoms with Crippen LogP contribution in [0.3, 0.4) is 0 Å². The summed E-state index contributed by atoms with van der Waals surface area (Å²) in [7, 11) is 1.45. The van der Waals surface area contributed by atoms with Gasteiger partial charge in [-0.3, -0.25) is 9.59 Å². The molecule has 0 saturated heterocycles. The first-order valence-corrected chi connectivity index (χ1v) is 8.86. The molecule has 0 aliphatic carbocycles. The number of fused-ring (bicyclic) bond motifs is 1. The monoisotopic (exact) mass is 348 g/mol. The minimum atomic E-state index is -0.583. The van der Waals surface area contributed by atoms with Crippen molar-refractivity contribution in [3.05, 3.63) is 35.2 Å². The zero-order chi connectivity index (χ0) is 17.7. The van der Waals surface area contributed by atoms with Crippen LogP contribution in [-0.4, -0.2) is 31.6 Å². The van der Waals surface area contributed by atoms with Crippen molar-refractivity contribution in [1.29, 1.82) is 0 Å². The molecule has 2 rings (SSSR count). The van der Waals surface area contributed by atoms with Gasteiger partial charge >= 0.3 is 0 Å². The third kappa shape index (κ3) is 4.33. The summed E-state index contributed by atoms with van der Waals surface area (Å²) in [5.41, 5.74) is 1.09. The summed E-state index contributed by atoms with van der Waals surface area (Å²) in [6, 6.07) is 7.42. The van der Waals surface area contributed by atoms with Crippen molar-refractivity contribution in [2.24, 2.45) is 5.92 Å². The molecule has 0 aliphatic rings. The highest BCUT2D eigenvalue weighted by molar-refractivity contribution is 7.17. The van der Waals surface area contributed by atoms with E-state index in [4.69, 9.17) is 4.74 Å². The SMILES string of the molecule is COCC(=O)N[C@H](C(=O)N[C@@H](C)c1csc2ccccc12)C(C)C. The van der Waals surface area contributed by atoms with Gasteiger partial charge in [-0.05, 0) is 35.2 Å². The summed E-state index contributed by atoms with van der Waals surface area (Å²) in [5, 5.41) is 8.97. The third-order valence-corrected chi connectivity index (χ3v) is 4.86. The number of benzene rings is 1. The molecule has 0 radical (unpaired) electrons. The molecule has 2 aromatic rings. The number of ether oxygens (including phenoxy) is 1. The Hall–Kier alpha value is -1.92. The van der Waals surface area contributed by atoms with Crippen LogP contribution in [0.15, 0.2) is 29.6 Å². The number of thiophene rings is 1. The first-order chi connectivity index (χ1) is 11.4. The molecule has 1 heterocycles. The normalized spacial score (nSPS) is 13.7. The van der Waals surface area contributed by atoms with E-state index in [1.165, 1.54) is 11.8 Å². The van der Waals surface area contributed by atoms with E-state index in [9.17, 15) is 9.59 Å². The molecule has 0 fully saturated rings. The van der Waals surface area contributed by atoms with E-state index in [2.05, 4.69) is 28.1 Å². The first-order valence-electron chi connectivity index (χ1n) is 7.98. The van der Waals surface area contributed by atoms with Crippen LogP contribution < -0.4 is 10.6 Å². The standard InChI is InChI=1S/C18H24N2O3S/c1-11(2)17(20-16(21)9-23-4)18(22)19-12(3)14-10-24-15-8-6-5-7-13(14)15/h5-8,10-12,17H,9H2,1-4H3,(H,19,22)(H,20,21)/t12-,17-/m0/s1. The molecule has 130 valence electrons. The molecule has 2 amide bonds. The van der Waals surface area contributed by atoms with Gasteiger partial charge < -0.3 is 15.4 Å². The summed E-state index contributed by atoms with van der Waals surface area (Å²) in [5.74, 6) is -0.491. The molecule has 0 spiro atoms. The Morgan fingerprint density at radius 2 is 1.88 bits per heavy atom. The Kier molecular flexibility index (Phi) is 6.34. The fourth-order valence-electron chi connectivity index (χ4n) is 2.60. The van der Waals surface area contributed by atoms with Crippen LogP contribution in [0.1, 0.15) is 32.4 Å². The van der Waals surface area contributed by atoms with E-state index in [0.29, 0.717) is 0 Å². The predicted octanol–water partition coefficient (Wildman–Crippen LogP) is 2.87. The smallest absolute Gasteiger partial charge is 0.246 e. The number of hydrogen-bond donors (Lipinski definition) is 2. The van der Waals surface area contributed by atoms with Crippen LogP contribution in [0.5, 0.6) is 0 Å². The van der Waals surface area contributed by atoms with Crippen molar-refractivity contribution in [2.45, 2.75) is 32.9 Å². The Bertz CT molecular complexity index is 711. The molecular formula is C18H24N2O3S. The third-order valence-electron chi connectivity index (χ3n) is 3.88. The highest BCUT2D eigenvalue weighted by Gasteiger charge is 2.26. The molecule has 24 heavy (non-hydrogen) atoms. The average molecular weight is 348 g/mol. The minimum Gasteiger partial charge on any atom is -0.375 e. The van der Waals surface area contributed by atoms with Crippen LogP contribution in [0.4, 0.5) is 0 Å². The lowest BCUT2D eigenvalue weighted by molar-refractivity contribution is -0.132. The largest absolute Gasteiger partial charge is 0.375 e. The lowest BCUT2D eigenvalue weighted by Gasteiger charge is -2.24. The number of hydrogen-bond acceptors (Lipinski definition) is 4. The molecule has 0 aliphatic heterocycles. The highest BCUT2D eigenvalue weighted by Crippen LogP contribution is 2.30. The fourth-order valence-corrected chi connectivity index (χ4v) is 3.65. The molecule has 0 unspecified atom stereocenters. The van der Waals surface area contributed by atoms with E-state index in [1.807, 2.05) is 32.9 Å². The summed E-state index contributed by atoms with van der Waals surface area (Å²) in [6.45, 7) is 5.71. The van der Waals surface area contributed by atoms with Crippen molar-refractivity contribution in [3.63, 3.8) is 0 Å². The summed E-state index contributed by atoms with van der Waals surface area (Å²) >= 11 is 1.66. The van der Waals surface area contributed by atoms with Gasteiger partial charge in [-0.15, -0.1) is 11.3 Å². The first kappa shape index (κ1) is 18.4. The maximum absolute atomic E-state index is 12.6. The van der Waals surface area contributed by atoms with Crippen molar-refractivity contribution < 1.29 is 14.3 Å². The summed E-state index contributed by atoms with van der Waals surface area (Å²) < 4.78 is 6.01. The van der Waals surface area contributed by atoms with Gasteiger partial charge in [0.05, 0.1) is 6.04 Å². The van der Waals surface area contributed by atoms with Gasteiger partial charge in [0, 0.05) is 11.8 Å². The molecular weight excluding hydrogens is 324 g/mol. The molecule has 2 atom stereocenters. The van der Waals surface area contributed by atoms with Gasteiger partial charge in [0.2, 0.25) is 11.8 Å². The Balaban J connectivity index is 2.09. The van der Waals surface area contributed by atoms with Gasteiger partial charge in [-0.25, -0.2) is 0 Å². The van der Waals surface area contributed by atoms with Crippen LogP contribution >= 0.6 is 11.3 Å². The number of amides is 2. The van der Waals surface area contributed by atoms with Gasteiger partial charge in [-0.1, -0.05) is 32.0 Å². The average Bonchev–Trinajstić information content (AvgIpc) is 2.96. The maximum Gasteiger partial charge on any atom is 0.246 e. The van der Waals surface area contributed by atoms with Gasteiger partial charge in [0.15, 0.2) is 0 Å². The van der Waals surface area contributed by atoms with Crippen molar-refractivity contribution in [3.8, 4) is 0 Å². The van der Waals surface area contributed by atoms with Crippen molar-refractivity contribution in [2.75, 3.05) is 13.7 Å². The lowest BCUT2D eigenvalue weighted by Crippen LogP contribution is -2.50. The fraction of sp³-hybridized carbons (Fsp3) is 0.444. The lowest BCUT2D eigenvalue weighted by atomic mass is 10.0. The molecule has 1 aromatic carbocycles. The van der Waals surface area contributed by atoms with E-state index in [1.54, 1.807) is 11.3 Å². The number of carbonyl (C=O) groups excluding carboxylic acids is 2. The molecule has 0 saturated carbocycles. The second kappa shape index (κ2) is 8.26. The highest BCUT2D eigenvalue weighted by atomic mass is 32.1. The van der Waals surface area contributed by atoms with Crippen molar-refractivity contribution >= 4 is 33.2 Å². The number of methoxy groups -OCH3 is 1. The van der Waals surface area contributed by atoms with Crippen LogP contribution in [0.2, 0.25) is 0 Å². The van der Waals surface area contributed by atoms with E-state index in [0.717, 1.165) is 10.9 Å². The topological polar surface area (TPSA) is 67.4 Å². The maximum atomic E-state index is 12.6. The minimum absolute atomic E-state index is 0.0165. The Labute approximate surface area is 146 Å². The quantitative estimate of drug-likeness (QED) is 0.808. The zero-order valence-electron chi connectivity index (χ0n) is 14.5. The van der Waals surface area contributed by atoms with Crippen LogP contribution in [-0.2, 0) is 14.3 Å². The second-order valence-electron chi connectivity index (χ2n) is 6.14. The number of rotatable bonds is 7. The van der Waals surface area contributed by atoms with Crippen molar-refractivity contribution in [1.82, 2.24) is 10.6 Å². The molecule has 0 bridgehead atoms. The van der Waals surface area contributed by atoms with E-state index >= 15 is 0 Å².